The van der Waals surface area contributed by atoms with Crippen molar-refractivity contribution >= 4 is 23.2 Å². The molecule has 2 N–H and O–H groups in total. The van der Waals surface area contributed by atoms with Crippen LogP contribution in [0.4, 0.5) is 5.69 Å². The van der Waals surface area contributed by atoms with E-state index in [-0.39, 0.29) is 5.57 Å². The molecule has 0 saturated carbocycles. The summed E-state index contributed by atoms with van der Waals surface area (Å²) in [5.74, 6) is 0.0545. The number of nitrogens with zero attached hydrogens (tertiary/aromatic N) is 2. The van der Waals surface area contributed by atoms with Crippen molar-refractivity contribution in [2.24, 2.45) is 0 Å². The van der Waals surface area contributed by atoms with Crippen molar-refractivity contribution in [2.75, 3.05) is 17.7 Å². The number of carbonyl (C=O) groups excluding carboxylic acids is 1. The molecule has 1 rings (SSSR count). The Hall–Kier alpha value is -2.06. The molecule has 0 aromatic carbocycles. The van der Waals surface area contributed by atoms with Crippen LogP contribution in [0.5, 0.6) is 0 Å². The Balaban J connectivity index is 2.55. The lowest BCUT2D eigenvalue weighted by Gasteiger charge is -2.03. The van der Waals surface area contributed by atoms with Gasteiger partial charge in [0.1, 0.15) is 11.6 Å². The fourth-order valence-corrected chi connectivity index (χ4v) is 1.25. The molecule has 1 amide bonds. The highest BCUT2D eigenvalue weighted by molar-refractivity contribution is 6.17. The number of alkyl halides is 1. The average Bonchev–Trinajstić information content (AvgIpc) is 2.41. The lowest BCUT2D eigenvalue weighted by Crippen LogP contribution is -2.26. The number of nitriles is 1. The number of hydrogen-bond donors (Lipinski definition) is 2. The first-order chi connectivity index (χ1) is 8.77. The lowest BCUT2D eigenvalue weighted by atomic mass is 10.3. The Morgan fingerprint density at radius 3 is 3.06 bits per heavy atom. The van der Waals surface area contributed by atoms with E-state index >= 15 is 0 Å². The third-order valence-corrected chi connectivity index (χ3v) is 2.27. The van der Waals surface area contributed by atoms with Crippen molar-refractivity contribution < 1.29 is 4.79 Å². The van der Waals surface area contributed by atoms with E-state index in [1.54, 1.807) is 24.5 Å². The highest BCUT2D eigenvalue weighted by atomic mass is 35.5. The second kappa shape index (κ2) is 8.09. The van der Waals surface area contributed by atoms with Crippen molar-refractivity contribution in [3.63, 3.8) is 0 Å². The van der Waals surface area contributed by atoms with Crippen molar-refractivity contribution in [1.29, 1.82) is 5.26 Å². The minimum Gasteiger partial charge on any atom is -0.359 e. The van der Waals surface area contributed by atoms with Gasteiger partial charge in [0.15, 0.2) is 0 Å². The van der Waals surface area contributed by atoms with Gasteiger partial charge in [0.05, 0.1) is 11.9 Å². The van der Waals surface area contributed by atoms with Crippen LogP contribution in [0.25, 0.3) is 0 Å². The first-order valence-electron chi connectivity index (χ1n) is 5.39. The van der Waals surface area contributed by atoms with Gasteiger partial charge in [-0.15, -0.1) is 11.6 Å². The molecule has 0 aliphatic heterocycles. The van der Waals surface area contributed by atoms with Crippen molar-refractivity contribution in [3.8, 4) is 6.07 Å². The predicted octanol–water partition coefficient (Wildman–Crippen LogP) is 1.65. The topological polar surface area (TPSA) is 77.8 Å². The summed E-state index contributed by atoms with van der Waals surface area (Å²) in [7, 11) is 0. The van der Waals surface area contributed by atoms with E-state index in [1.807, 2.05) is 6.07 Å². The van der Waals surface area contributed by atoms with Gasteiger partial charge in [-0.25, -0.2) is 0 Å². The van der Waals surface area contributed by atoms with Gasteiger partial charge in [0.2, 0.25) is 0 Å². The molecule has 0 bridgehead atoms. The summed E-state index contributed by atoms with van der Waals surface area (Å²) in [6.45, 7) is 0.453. The summed E-state index contributed by atoms with van der Waals surface area (Å²) < 4.78 is 0. The first-order valence-corrected chi connectivity index (χ1v) is 5.92. The number of amides is 1. The number of nitrogens with one attached hydrogen (secondary N) is 2. The summed E-state index contributed by atoms with van der Waals surface area (Å²) >= 11 is 5.49. The van der Waals surface area contributed by atoms with Gasteiger partial charge in [-0.1, -0.05) is 0 Å². The monoisotopic (exact) mass is 264 g/mol. The third-order valence-electron chi connectivity index (χ3n) is 2.01. The fourth-order valence-electron chi connectivity index (χ4n) is 1.12. The van der Waals surface area contributed by atoms with Crippen molar-refractivity contribution in [1.82, 2.24) is 10.3 Å². The van der Waals surface area contributed by atoms with Gasteiger partial charge >= 0.3 is 0 Å². The second-order valence-corrected chi connectivity index (χ2v) is 3.73. The van der Waals surface area contributed by atoms with Crippen LogP contribution in [0.3, 0.4) is 0 Å². The number of pyridine rings is 1. The molecule has 0 aliphatic rings. The summed E-state index contributed by atoms with van der Waals surface area (Å²) in [5, 5.41) is 14.3. The number of aromatic nitrogens is 1. The highest BCUT2D eigenvalue weighted by Crippen LogP contribution is 2.03. The van der Waals surface area contributed by atoms with Crippen LogP contribution in [0.1, 0.15) is 6.42 Å². The van der Waals surface area contributed by atoms with E-state index in [2.05, 4.69) is 15.6 Å². The third kappa shape index (κ3) is 4.85. The number of anilines is 1. The molecular weight excluding hydrogens is 252 g/mol. The molecule has 1 aromatic heterocycles. The number of halogens is 1. The zero-order valence-corrected chi connectivity index (χ0v) is 10.4. The maximum atomic E-state index is 11.6. The fraction of sp³-hybridized carbons (Fsp3) is 0.250. The Labute approximate surface area is 110 Å². The number of hydrogen-bond acceptors (Lipinski definition) is 4. The van der Waals surface area contributed by atoms with Crippen LogP contribution >= 0.6 is 11.6 Å². The maximum Gasteiger partial charge on any atom is 0.263 e. The van der Waals surface area contributed by atoms with E-state index < -0.39 is 5.91 Å². The van der Waals surface area contributed by atoms with E-state index in [4.69, 9.17) is 16.9 Å². The molecule has 1 aromatic rings. The lowest BCUT2D eigenvalue weighted by molar-refractivity contribution is -0.117. The first kappa shape index (κ1) is 14.0. The molecule has 0 saturated heterocycles. The molecule has 0 unspecified atom stereocenters. The average molecular weight is 265 g/mol. The Kier molecular flexibility index (Phi) is 6.30. The van der Waals surface area contributed by atoms with Crippen LogP contribution in [0, 0.1) is 11.3 Å². The smallest absolute Gasteiger partial charge is 0.263 e. The minimum absolute atomic E-state index is 0.00780. The van der Waals surface area contributed by atoms with Gasteiger partial charge in [-0.3, -0.25) is 9.78 Å². The molecule has 18 heavy (non-hydrogen) atoms. The van der Waals surface area contributed by atoms with Gasteiger partial charge in [-0.05, 0) is 18.6 Å². The normalized spacial score (nSPS) is 10.6. The Bertz CT molecular complexity index is 453. The molecule has 0 spiro atoms. The Morgan fingerprint density at radius 1 is 1.61 bits per heavy atom. The number of carbonyl (C=O) groups is 1. The largest absolute Gasteiger partial charge is 0.359 e. The molecule has 0 atom stereocenters. The van der Waals surface area contributed by atoms with Crippen molar-refractivity contribution in [3.05, 3.63) is 36.3 Å². The molecular formula is C12H13ClN4O. The minimum atomic E-state index is -0.418. The second-order valence-electron chi connectivity index (χ2n) is 3.35. The van der Waals surface area contributed by atoms with Crippen LogP contribution in [0.15, 0.2) is 36.3 Å². The van der Waals surface area contributed by atoms with Gasteiger partial charge in [-0.2, -0.15) is 5.26 Å². The maximum absolute atomic E-state index is 11.6. The zero-order valence-electron chi connectivity index (χ0n) is 9.69. The molecule has 0 fully saturated rings. The Morgan fingerprint density at radius 2 is 2.44 bits per heavy atom. The highest BCUT2D eigenvalue weighted by Gasteiger charge is 2.07. The molecule has 94 valence electrons. The SMILES string of the molecule is N#C/C(=C/Nc1cccnc1)C(=O)NCCCCl. The molecule has 0 aliphatic carbocycles. The van der Waals surface area contributed by atoms with Crippen LogP contribution in [-0.2, 0) is 4.79 Å². The quantitative estimate of drug-likeness (QED) is 0.354. The molecule has 6 heteroatoms. The van der Waals surface area contributed by atoms with Gasteiger partial charge < -0.3 is 10.6 Å². The predicted molar refractivity (Wildman–Crippen MR) is 69.9 cm³/mol. The van der Waals surface area contributed by atoms with Crippen LogP contribution in [-0.4, -0.2) is 23.3 Å². The molecule has 5 nitrogen and oxygen atoms in total. The summed E-state index contributed by atoms with van der Waals surface area (Å²) in [4.78, 5) is 15.5. The summed E-state index contributed by atoms with van der Waals surface area (Å²) in [5.41, 5.74) is 0.715. The molecule has 0 radical (unpaired) electrons. The van der Waals surface area contributed by atoms with E-state index in [1.165, 1.54) is 6.20 Å². The van der Waals surface area contributed by atoms with Crippen LogP contribution in [0.2, 0.25) is 0 Å². The zero-order chi connectivity index (χ0) is 13.2. The van der Waals surface area contributed by atoms with Crippen LogP contribution < -0.4 is 10.6 Å². The van der Waals surface area contributed by atoms with E-state index in [9.17, 15) is 4.79 Å². The van der Waals surface area contributed by atoms with E-state index in [0.717, 1.165) is 0 Å². The number of rotatable bonds is 6. The molecule has 1 heterocycles. The standard InChI is InChI=1S/C12H13ClN4O/c13-4-2-6-16-12(18)10(7-14)8-17-11-3-1-5-15-9-11/h1,3,5,8-9,17H,2,4,6H2,(H,16,18)/b10-8-. The van der Waals surface area contributed by atoms with Crippen molar-refractivity contribution in [2.45, 2.75) is 6.42 Å². The summed E-state index contributed by atoms with van der Waals surface area (Å²) in [6.07, 6.45) is 5.25. The van der Waals surface area contributed by atoms with Gasteiger partial charge in [0, 0.05) is 24.8 Å². The summed E-state index contributed by atoms with van der Waals surface area (Å²) in [6, 6.07) is 5.37. The van der Waals surface area contributed by atoms with Gasteiger partial charge in [0.25, 0.3) is 5.91 Å². The van der Waals surface area contributed by atoms with E-state index in [0.29, 0.717) is 24.5 Å².